The molecule has 0 saturated heterocycles. The summed E-state index contributed by atoms with van der Waals surface area (Å²) in [5.41, 5.74) is 0.502. The molecule has 0 aliphatic heterocycles. The molecule has 0 bridgehead atoms. The lowest BCUT2D eigenvalue weighted by Crippen LogP contribution is -2.36. The highest BCUT2D eigenvalue weighted by atomic mass is 19.1. The Kier molecular flexibility index (Phi) is 7.57. The van der Waals surface area contributed by atoms with Gasteiger partial charge in [-0.15, -0.1) is 5.10 Å². The van der Waals surface area contributed by atoms with Crippen LogP contribution < -0.4 is 4.90 Å². The van der Waals surface area contributed by atoms with Gasteiger partial charge in [-0.25, -0.2) is 9.18 Å². The number of anilines is 1. The minimum absolute atomic E-state index is 0.0213. The van der Waals surface area contributed by atoms with Crippen molar-refractivity contribution in [1.29, 1.82) is 5.26 Å². The molecular formula is C25H19FN6O4. The van der Waals surface area contributed by atoms with Gasteiger partial charge in [0.2, 0.25) is 0 Å². The molecule has 4 aromatic rings. The fourth-order valence-corrected chi connectivity index (χ4v) is 3.32. The van der Waals surface area contributed by atoms with Crippen LogP contribution >= 0.6 is 0 Å². The monoisotopic (exact) mass is 486 g/mol. The number of para-hydroxylation sites is 1. The highest BCUT2D eigenvalue weighted by Crippen LogP contribution is 2.22. The lowest BCUT2D eigenvalue weighted by molar-refractivity contribution is -0.142. The van der Waals surface area contributed by atoms with Gasteiger partial charge in [-0.1, -0.05) is 42.5 Å². The molecule has 11 heteroatoms. The van der Waals surface area contributed by atoms with Gasteiger partial charge < -0.3 is 14.1 Å². The molecule has 36 heavy (non-hydrogen) atoms. The van der Waals surface area contributed by atoms with Crippen LogP contribution in [0.15, 0.2) is 77.4 Å². The summed E-state index contributed by atoms with van der Waals surface area (Å²) >= 11 is 0. The number of carbonyl (C=O) groups is 2. The average Bonchev–Trinajstić information content (AvgIpc) is 3.60. The number of rotatable bonds is 9. The number of hydrogen-bond acceptors (Lipinski definition) is 8. The molecule has 0 N–H and O–H groups in total. The first-order valence-electron chi connectivity index (χ1n) is 10.8. The first kappa shape index (κ1) is 24.0. The van der Waals surface area contributed by atoms with E-state index in [1.165, 1.54) is 35.2 Å². The summed E-state index contributed by atoms with van der Waals surface area (Å²) in [6, 6.07) is 19.8. The molecule has 2 aromatic carbocycles. The number of benzene rings is 2. The Morgan fingerprint density at radius 1 is 1.11 bits per heavy atom. The number of aromatic nitrogens is 4. The van der Waals surface area contributed by atoms with Gasteiger partial charge in [-0.05, 0) is 34.7 Å². The van der Waals surface area contributed by atoms with Crippen LogP contribution in [0.2, 0.25) is 0 Å². The highest BCUT2D eigenvalue weighted by molar-refractivity contribution is 6.16. The normalized spacial score (nSPS) is 11.1. The third kappa shape index (κ3) is 5.51. The molecular weight excluding hydrogens is 467 g/mol. The molecule has 0 atom stereocenters. The third-order valence-electron chi connectivity index (χ3n) is 4.98. The van der Waals surface area contributed by atoms with E-state index in [-0.39, 0.29) is 30.2 Å². The maximum Gasteiger partial charge on any atom is 0.357 e. The van der Waals surface area contributed by atoms with E-state index in [4.69, 9.17) is 14.4 Å². The summed E-state index contributed by atoms with van der Waals surface area (Å²) in [5.74, 6) is -1.68. The minimum Gasteiger partial charge on any atom is -0.465 e. The standard InChI is InChI=1S/C25H19FN6O4/c26-20-11-4-5-12-21(20)31(14-7-13-27)23(33)17-36-25(34)22(16-19-10-6-15-35-19)32-24(28-29-30-32)18-8-2-1-3-9-18/h1-6,8-12,15-16H,7,14,17H2/b22-16-. The smallest absolute Gasteiger partial charge is 0.357 e. The second kappa shape index (κ2) is 11.3. The number of nitriles is 1. The first-order valence-corrected chi connectivity index (χ1v) is 10.8. The quantitative estimate of drug-likeness (QED) is 0.260. The predicted molar refractivity (Wildman–Crippen MR) is 126 cm³/mol. The summed E-state index contributed by atoms with van der Waals surface area (Å²) in [6.07, 6.45) is 2.76. The lowest BCUT2D eigenvalue weighted by atomic mass is 10.2. The summed E-state index contributed by atoms with van der Waals surface area (Å²) in [4.78, 5) is 27.1. The Morgan fingerprint density at radius 3 is 2.61 bits per heavy atom. The molecule has 0 aliphatic carbocycles. The van der Waals surface area contributed by atoms with Gasteiger partial charge in [0.1, 0.15) is 11.6 Å². The number of nitrogens with zero attached hydrogens (tertiary/aromatic N) is 6. The van der Waals surface area contributed by atoms with Crippen molar-refractivity contribution in [2.24, 2.45) is 0 Å². The number of amides is 1. The fraction of sp³-hybridized carbons (Fsp3) is 0.120. The van der Waals surface area contributed by atoms with Crippen molar-refractivity contribution in [1.82, 2.24) is 20.2 Å². The predicted octanol–water partition coefficient (Wildman–Crippen LogP) is 3.56. The van der Waals surface area contributed by atoms with Gasteiger partial charge in [0.05, 0.1) is 24.4 Å². The maximum atomic E-state index is 14.3. The van der Waals surface area contributed by atoms with Crippen LogP contribution in [0, 0.1) is 17.1 Å². The van der Waals surface area contributed by atoms with Crippen LogP contribution in [0.1, 0.15) is 12.2 Å². The molecule has 0 fully saturated rings. The van der Waals surface area contributed by atoms with Crippen molar-refractivity contribution in [3.05, 3.63) is 84.6 Å². The van der Waals surface area contributed by atoms with Crippen molar-refractivity contribution in [2.45, 2.75) is 6.42 Å². The summed E-state index contributed by atoms with van der Waals surface area (Å²) in [7, 11) is 0. The van der Waals surface area contributed by atoms with Crippen LogP contribution in [0.5, 0.6) is 0 Å². The van der Waals surface area contributed by atoms with Gasteiger partial charge >= 0.3 is 5.97 Å². The van der Waals surface area contributed by atoms with E-state index in [2.05, 4.69) is 15.5 Å². The molecule has 0 aliphatic rings. The number of carbonyl (C=O) groups excluding carboxylic acids is 2. The second-order valence-corrected chi connectivity index (χ2v) is 7.31. The number of tetrazole rings is 1. The van der Waals surface area contributed by atoms with E-state index in [0.29, 0.717) is 11.3 Å². The second-order valence-electron chi connectivity index (χ2n) is 7.31. The Labute approximate surface area is 204 Å². The van der Waals surface area contributed by atoms with Gasteiger partial charge in [0.15, 0.2) is 18.1 Å². The average molecular weight is 486 g/mol. The van der Waals surface area contributed by atoms with Gasteiger partial charge in [0, 0.05) is 18.2 Å². The molecule has 1 amide bonds. The van der Waals surface area contributed by atoms with E-state index in [1.807, 2.05) is 12.1 Å². The SMILES string of the molecule is N#CCCN(C(=O)COC(=O)/C(=C/c1ccco1)n1nnnc1-c1ccccc1)c1ccccc1F. The number of halogens is 1. The number of hydrogen-bond donors (Lipinski definition) is 0. The van der Waals surface area contributed by atoms with Gasteiger partial charge in [-0.2, -0.15) is 9.94 Å². The van der Waals surface area contributed by atoms with E-state index in [1.54, 1.807) is 42.5 Å². The largest absolute Gasteiger partial charge is 0.465 e. The van der Waals surface area contributed by atoms with Crippen LogP contribution in [-0.2, 0) is 14.3 Å². The Bertz CT molecular complexity index is 1410. The Balaban J connectivity index is 1.59. The van der Waals surface area contributed by atoms with Crippen LogP contribution in [0.25, 0.3) is 23.2 Å². The third-order valence-corrected chi connectivity index (χ3v) is 4.98. The summed E-state index contributed by atoms with van der Waals surface area (Å²) in [6.45, 7) is -0.787. The highest BCUT2D eigenvalue weighted by Gasteiger charge is 2.24. The number of furan rings is 1. The topological polar surface area (TPSA) is 127 Å². The maximum absolute atomic E-state index is 14.3. The van der Waals surface area contributed by atoms with Gasteiger partial charge in [-0.3, -0.25) is 4.79 Å². The Hall–Kier alpha value is -5.11. The first-order chi connectivity index (χ1) is 17.6. The van der Waals surface area contributed by atoms with E-state index in [0.717, 1.165) is 4.90 Å². The van der Waals surface area contributed by atoms with E-state index in [9.17, 15) is 14.0 Å². The van der Waals surface area contributed by atoms with Crippen molar-refractivity contribution >= 4 is 29.3 Å². The molecule has 0 radical (unpaired) electrons. The fourth-order valence-electron chi connectivity index (χ4n) is 3.32. The van der Waals surface area contributed by atoms with Crippen molar-refractivity contribution in [3.8, 4) is 17.5 Å². The van der Waals surface area contributed by atoms with E-state index < -0.39 is 24.3 Å². The molecule has 180 valence electrons. The van der Waals surface area contributed by atoms with Crippen molar-refractivity contribution in [2.75, 3.05) is 18.1 Å². The summed E-state index contributed by atoms with van der Waals surface area (Å²) < 4.78 is 26.1. The van der Waals surface area contributed by atoms with Gasteiger partial charge in [0.25, 0.3) is 5.91 Å². The molecule has 2 aromatic heterocycles. The molecule has 2 heterocycles. The minimum atomic E-state index is -0.919. The van der Waals surface area contributed by atoms with Crippen molar-refractivity contribution in [3.63, 3.8) is 0 Å². The Morgan fingerprint density at radius 2 is 1.89 bits per heavy atom. The lowest BCUT2D eigenvalue weighted by Gasteiger charge is -2.22. The molecule has 0 saturated carbocycles. The molecule has 0 unspecified atom stereocenters. The zero-order chi connectivity index (χ0) is 25.3. The van der Waals surface area contributed by atoms with E-state index >= 15 is 0 Å². The van der Waals surface area contributed by atoms with Crippen LogP contribution in [0.4, 0.5) is 10.1 Å². The van der Waals surface area contributed by atoms with Crippen molar-refractivity contribution < 1.29 is 23.1 Å². The zero-order valence-corrected chi connectivity index (χ0v) is 18.8. The number of esters is 1. The zero-order valence-electron chi connectivity index (χ0n) is 18.8. The number of ether oxygens (including phenoxy) is 1. The molecule has 4 rings (SSSR count). The van der Waals surface area contributed by atoms with Crippen LogP contribution in [0.3, 0.4) is 0 Å². The van der Waals surface area contributed by atoms with Crippen LogP contribution in [-0.4, -0.2) is 45.2 Å². The summed E-state index contributed by atoms with van der Waals surface area (Å²) in [5, 5.41) is 20.5. The molecule has 10 nitrogen and oxygen atoms in total. The molecule has 0 spiro atoms.